The summed E-state index contributed by atoms with van der Waals surface area (Å²) in [5.41, 5.74) is 2.45. The Morgan fingerprint density at radius 3 is 2.68 bits per heavy atom. The normalized spacial score (nSPS) is 25.6. The average molecular weight is 379 g/mol. The zero-order valence-electron chi connectivity index (χ0n) is 16.4. The van der Waals surface area contributed by atoms with Gasteiger partial charge in [-0.25, -0.2) is 0 Å². The van der Waals surface area contributed by atoms with Gasteiger partial charge in [-0.1, -0.05) is 6.92 Å². The predicted molar refractivity (Wildman–Crippen MR) is 103 cm³/mol. The lowest BCUT2D eigenvalue weighted by Gasteiger charge is -2.26. The predicted octanol–water partition coefficient (Wildman–Crippen LogP) is 0.830. The number of nitrogens with one attached hydrogen (secondary N) is 1. The van der Waals surface area contributed by atoms with Crippen LogP contribution in [0.5, 0.6) is 0 Å². The van der Waals surface area contributed by atoms with Crippen molar-refractivity contribution in [2.75, 3.05) is 0 Å². The number of rotatable bonds is 4. The van der Waals surface area contributed by atoms with E-state index in [4.69, 9.17) is 7.98 Å². The second kappa shape index (κ2) is 6.15. The molecule has 1 saturated carbocycles. The van der Waals surface area contributed by atoms with Gasteiger partial charge in [0.25, 0.3) is 0 Å². The van der Waals surface area contributed by atoms with Crippen LogP contribution >= 0.6 is 0 Å². The summed E-state index contributed by atoms with van der Waals surface area (Å²) in [6.07, 6.45) is 1.48. The van der Waals surface area contributed by atoms with Crippen LogP contribution in [0, 0.1) is 19.3 Å². The molecule has 1 N–H and O–H groups in total. The Kier molecular flexibility index (Phi) is 4.10. The Bertz CT molecular complexity index is 1030. The molecule has 4 rings (SSSR count). The van der Waals surface area contributed by atoms with Gasteiger partial charge in [-0.2, -0.15) is 5.10 Å². The van der Waals surface area contributed by atoms with Crippen molar-refractivity contribution in [2.24, 2.45) is 5.41 Å². The van der Waals surface area contributed by atoms with Crippen molar-refractivity contribution >= 4 is 36.5 Å². The van der Waals surface area contributed by atoms with Crippen LogP contribution in [0.4, 0.5) is 0 Å². The third-order valence-electron chi connectivity index (χ3n) is 6.02. The smallest absolute Gasteiger partial charge is 0.245 e. The van der Waals surface area contributed by atoms with Gasteiger partial charge in [0, 0.05) is 24.0 Å². The molecule has 2 fully saturated rings. The number of carbonyl (C=O) groups is 3. The van der Waals surface area contributed by atoms with Gasteiger partial charge in [-0.15, -0.1) is 0 Å². The Morgan fingerprint density at radius 2 is 2.04 bits per heavy atom. The standard InChI is InChI=1S/C19H22BN5O3/c1-9-5-12-16(11(3)26)23-24(17(12)10(2)21-9)8-15(27)25-13(18(28)22-20)6-19(4)7-14(19)25/h5,13-14H,6-8H2,1-4H3,(H,22,28)/t13-,14+,19-/m0/s1. The third kappa shape index (κ3) is 2.72. The van der Waals surface area contributed by atoms with Crippen LogP contribution in [0.1, 0.15) is 48.6 Å². The molecule has 0 unspecified atom stereocenters. The molecule has 3 atom stereocenters. The molecule has 0 bridgehead atoms. The molecule has 144 valence electrons. The fraction of sp³-hybridized carbons (Fsp3) is 0.526. The van der Waals surface area contributed by atoms with E-state index in [0.29, 0.717) is 28.7 Å². The number of aromatic nitrogens is 3. The summed E-state index contributed by atoms with van der Waals surface area (Å²) >= 11 is 0. The van der Waals surface area contributed by atoms with Crippen LogP contribution in [0.2, 0.25) is 0 Å². The highest BCUT2D eigenvalue weighted by molar-refractivity contribution is 6.15. The number of hydrogen-bond donors (Lipinski definition) is 1. The first-order chi connectivity index (χ1) is 13.2. The van der Waals surface area contributed by atoms with Gasteiger partial charge < -0.3 is 10.1 Å². The van der Waals surface area contributed by atoms with Crippen LogP contribution in [0.25, 0.3) is 10.9 Å². The summed E-state index contributed by atoms with van der Waals surface area (Å²) in [4.78, 5) is 43.5. The molecule has 2 aromatic rings. The lowest BCUT2D eigenvalue weighted by molar-refractivity contribution is -0.139. The van der Waals surface area contributed by atoms with Crippen LogP contribution in [-0.4, -0.2) is 57.3 Å². The van der Waals surface area contributed by atoms with Crippen molar-refractivity contribution in [1.82, 2.24) is 24.9 Å². The van der Waals surface area contributed by atoms with Crippen molar-refractivity contribution < 1.29 is 14.4 Å². The lowest BCUT2D eigenvalue weighted by Crippen LogP contribution is -2.48. The number of likely N-dealkylation sites (tertiary alicyclic amines) is 1. The quantitative estimate of drug-likeness (QED) is 0.627. The van der Waals surface area contributed by atoms with Gasteiger partial charge >= 0.3 is 0 Å². The van der Waals surface area contributed by atoms with E-state index in [1.165, 1.54) is 11.6 Å². The highest BCUT2D eigenvalue weighted by atomic mass is 16.2. The van der Waals surface area contributed by atoms with E-state index in [1.807, 2.05) is 19.9 Å². The van der Waals surface area contributed by atoms with Gasteiger partial charge in [0.1, 0.15) is 18.3 Å². The highest BCUT2D eigenvalue weighted by Gasteiger charge is 2.64. The Morgan fingerprint density at radius 1 is 1.32 bits per heavy atom. The number of carbonyl (C=O) groups excluding carboxylic acids is 3. The van der Waals surface area contributed by atoms with E-state index in [-0.39, 0.29) is 35.6 Å². The Labute approximate surface area is 164 Å². The van der Waals surface area contributed by atoms with E-state index in [9.17, 15) is 14.4 Å². The number of pyridine rings is 1. The number of nitrogens with zero attached hydrogens (tertiary/aromatic N) is 4. The minimum atomic E-state index is -0.572. The van der Waals surface area contributed by atoms with Gasteiger partial charge in [0.15, 0.2) is 5.78 Å². The van der Waals surface area contributed by atoms with E-state index in [1.54, 1.807) is 4.90 Å². The fourth-order valence-electron chi connectivity index (χ4n) is 4.59. The minimum absolute atomic E-state index is 0.0296. The molecule has 0 spiro atoms. The summed E-state index contributed by atoms with van der Waals surface area (Å²) in [6.45, 7) is 7.16. The molecule has 2 amide bonds. The summed E-state index contributed by atoms with van der Waals surface area (Å²) < 4.78 is 1.53. The molecule has 0 aromatic carbocycles. The van der Waals surface area contributed by atoms with Crippen LogP contribution < -0.4 is 5.23 Å². The summed E-state index contributed by atoms with van der Waals surface area (Å²) in [7, 11) is 5.31. The van der Waals surface area contributed by atoms with Gasteiger partial charge in [0.05, 0.1) is 11.2 Å². The van der Waals surface area contributed by atoms with Crippen molar-refractivity contribution in [2.45, 2.75) is 59.2 Å². The van der Waals surface area contributed by atoms with Gasteiger partial charge in [-0.05, 0) is 38.2 Å². The van der Waals surface area contributed by atoms with Crippen LogP contribution in [-0.2, 0) is 16.1 Å². The molecular weight excluding hydrogens is 357 g/mol. The van der Waals surface area contributed by atoms with E-state index in [2.05, 4.69) is 22.2 Å². The van der Waals surface area contributed by atoms with Crippen LogP contribution in [0.15, 0.2) is 6.07 Å². The number of ketones is 1. The maximum Gasteiger partial charge on any atom is 0.245 e. The first-order valence-corrected chi connectivity index (χ1v) is 9.33. The fourth-order valence-corrected chi connectivity index (χ4v) is 4.59. The zero-order chi connectivity index (χ0) is 20.4. The van der Waals surface area contributed by atoms with E-state index in [0.717, 1.165) is 12.1 Å². The van der Waals surface area contributed by atoms with Crippen molar-refractivity contribution in [3.8, 4) is 0 Å². The molecule has 3 heterocycles. The number of fused-ring (bicyclic) bond motifs is 2. The molecule has 2 radical (unpaired) electrons. The number of hydrogen-bond acceptors (Lipinski definition) is 5. The summed E-state index contributed by atoms with van der Waals surface area (Å²) in [5, 5.41) is 7.26. The molecule has 28 heavy (non-hydrogen) atoms. The number of amides is 2. The molecule has 1 saturated heterocycles. The van der Waals surface area contributed by atoms with Crippen molar-refractivity contribution in [1.29, 1.82) is 0 Å². The van der Waals surface area contributed by atoms with E-state index >= 15 is 0 Å². The molecule has 1 aliphatic heterocycles. The molecule has 1 aliphatic carbocycles. The van der Waals surface area contributed by atoms with Crippen molar-refractivity contribution in [3.63, 3.8) is 0 Å². The van der Waals surface area contributed by atoms with Gasteiger partial charge in [-0.3, -0.25) is 24.0 Å². The second-order valence-corrected chi connectivity index (χ2v) is 8.21. The topological polar surface area (TPSA) is 97.2 Å². The number of Topliss-reactive ketones (excluding diaryl/α,β-unsaturated/α-hetero) is 1. The van der Waals surface area contributed by atoms with Gasteiger partial charge in [0.2, 0.25) is 19.8 Å². The first-order valence-electron chi connectivity index (χ1n) is 9.33. The maximum absolute atomic E-state index is 13.2. The highest BCUT2D eigenvalue weighted by Crippen LogP contribution is 2.59. The molecule has 2 aromatic heterocycles. The Balaban J connectivity index is 1.71. The maximum atomic E-state index is 13.2. The molecular formula is C19H22BN5O3. The largest absolute Gasteiger partial charge is 0.407 e. The summed E-state index contributed by atoms with van der Waals surface area (Å²) in [6, 6.07) is 1.28. The number of piperidine rings is 1. The third-order valence-corrected chi connectivity index (χ3v) is 6.02. The van der Waals surface area contributed by atoms with Crippen molar-refractivity contribution in [3.05, 3.63) is 23.1 Å². The monoisotopic (exact) mass is 379 g/mol. The second-order valence-electron chi connectivity index (χ2n) is 8.21. The molecule has 2 aliphatic rings. The lowest BCUT2D eigenvalue weighted by atomic mass is 10.0. The zero-order valence-corrected chi connectivity index (χ0v) is 16.4. The van der Waals surface area contributed by atoms with E-state index < -0.39 is 6.04 Å². The minimum Gasteiger partial charge on any atom is -0.407 e. The average Bonchev–Trinajstić information content (AvgIpc) is 2.98. The first kappa shape index (κ1) is 18.6. The Hall–Kier alpha value is -2.71. The number of aryl methyl sites for hydroxylation is 2. The SMILES string of the molecule is [B]NC(=O)[C@@H]1C[C@@]2(C)C[C@H]2N1C(=O)Cn1nc(C(C)=O)c2cc(C)nc(C)c21. The van der Waals surface area contributed by atoms with Crippen LogP contribution in [0.3, 0.4) is 0 Å². The molecule has 8 nitrogen and oxygen atoms in total. The summed E-state index contributed by atoms with van der Waals surface area (Å²) in [5.74, 6) is -0.734. The molecule has 9 heteroatoms.